The van der Waals surface area contributed by atoms with E-state index in [2.05, 4.69) is 40.5 Å². The number of nitrogens with two attached hydrogens (primary N) is 1. The zero-order valence-electron chi connectivity index (χ0n) is 22.7. The van der Waals surface area contributed by atoms with E-state index < -0.39 is 5.41 Å². The molecule has 39 heavy (non-hydrogen) atoms. The lowest BCUT2D eigenvalue weighted by Gasteiger charge is -2.43. The van der Waals surface area contributed by atoms with E-state index in [1.165, 1.54) is 5.56 Å². The quantitative estimate of drug-likeness (QED) is 0.446. The van der Waals surface area contributed by atoms with Crippen LogP contribution in [0.15, 0.2) is 91.0 Å². The van der Waals surface area contributed by atoms with Gasteiger partial charge < -0.3 is 20.9 Å². The summed E-state index contributed by atoms with van der Waals surface area (Å²) < 4.78 is 0. The highest BCUT2D eigenvalue weighted by Gasteiger charge is 2.48. The highest BCUT2D eigenvalue weighted by Crippen LogP contribution is 2.44. The van der Waals surface area contributed by atoms with Gasteiger partial charge >= 0.3 is 6.03 Å². The topological polar surface area (TPSA) is 78.7 Å². The van der Waals surface area contributed by atoms with Crippen molar-refractivity contribution in [2.75, 3.05) is 39.3 Å². The van der Waals surface area contributed by atoms with Crippen LogP contribution in [-0.4, -0.2) is 61.0 Å². The maximum Gasteiger partial charge on any atom is 0.317 e. The monoisotopic (exact) mass is 524 g/mol. The number of benzene rings is 3. The van der Waals surface area contributed by atoms with Crippen LogP contribution in [0.5, 0.6) is 0 Å². The number of urea groups is 1. The first-order chi connectivity index (χ1) is 19.1. The number of carbonyl (C=O) groups excluding carboxylic acids is 2. The average molecular weight is 525 g/mol. The second kappa shape index (κ2) is 12.5. The summed E-state index contributed by atoms with van der Waals surface area (Å²) in [6, 6.07) is 30.5. The summed E-state index contributed by atoms with van der Waals surface area (Å²) in [6.07, 6.45) is 3.76. The van der Waals surface area contributed by atoms with Crippen molar-refractivity contribution in [2.24, 2.45) is 11.7 Å². The predicted molar refractivity (Wildman–Crippen MR) is 155 cm³/mol. The molecule has 0 unspecified atom stereocenters. The molecule has 0 saturated carbocycles. The second-order valence-electron chi connectivity index (χ2n) is 10.9. The molecule has 3 aromatic rings. The lowest BCUT2D eigenvalue weighted by Crippen LogP contribution is -2.53. The van der Waals surface area contributed by atoms with Crippen LogP contribution in [-0.2, 0) is 10.2 Å². The predicted octanol–water partition coefficient (Wildman–Crippen LogP) is 4.76. The Morgan fingerprint density at radius 1 is 0.744 bits per heavy atom. The minimum atomic E-state index is -0.920. The first-order valence-corrected chi connectivity index (χ1v) is 14.3. The number of piperidine rings is 2. The van der Waals surface area contributed by atoms with Gasteiger partial charge in [0.15, 0.2) is 0 Å². The molecule has 0 aliphatic carbocycles. The maximum absolute atomic E-state index is 13.3. The molecule has 2 heterocycles. The Morgan fingerprint density at radius 3 is 1.77 bits per heavy atom. The molecule has 3 amide bonds. The van der Waals surface area contributed by atoms with E-state index in [9.17, 15) is 9.59 Å². The van der Waals surface area contributed by atoms with Crippen LogP contribution < -0.4 is 11.1 Å². The van der Waals surface area contributed by atoms with Crippen LogP contribution in [0.4, 0.5) is 4.79 Å². The molecule has 0 atom stereocenters. The Morgan fingerprint density at radius 2 is 1.26 bits per heavy atom. The van der Waals surface area contributed by atoms with Crippen LogP contribution in [0.1, 0.15) is 48.3 Å². The van der Waals surface area contributed by atoms with Crippen LogP contribution in [0.3, 0.4) is 0 Å². The first kappa shape index (κ1) is 26.9. The minimum absolute atomic E-state index is 0.00904. The molecule has 0 aromatic heterocycles. The Bertz CT molecular complexity index is 1160. The molecule has 6 nitrogen and oxygen atoms in total. The third-order valence-corrected chi connectivity index (χ3v) is 8.80. The van der Waals surface area contributed by atoms with Crippen molar-refractivity contribution >= 4 is 11.9 Å². The average Bonchev–Trinajstić information content (AvgIpc) is 2.99. The molecule has 2 saturated heterocycles. The number of hydrogen-bond donors (Lipinski definition) is 2. The van der Waals surface area contributed by atoms with Crippen LogP contribution in [0.2, 0.25) is 0 Å². The largest absolute Gasteiger partial charge is 0.369 e. The van der Waals surface area contributed by atoms with Gasteiger partial charge in [-0.15, -0.1) is 0 Å². The molecule has 2 fully saturated rings. The lowest BCUT2D eigenvalue weighted by atomic mass is 9.62. The first-order valence-electron chi connectivity index (χ1n) is 14.3. The van der Waals surface area contributed by atoms with E-state index in [4.69, 9.17) is 5.73 Å². The second-order valence-corrected chi connectivity index (χ2v) is 10.9. The SMILES string of the molecule is NC(=O)C(c1ccccc1)(c1ccccc1)C1CCN(C(=O)NCCN2CCC(c3ccccc3)CC2)CC1. The van der Waals surface area contributed by atoms with Gasteiger partial charge in [0.25, 0.3) is 0 Å². The lowest BCUT2D eigenvalue weighted by molar-refractivity contribution is -0.124. The number of rotatable bonds is 8. The van der Waals surface area contributed by atoms with Gasteiger partial charge in [-0.25, -0.2) is 4.79 Å². The molecule has 0 bridgehead atoms. The molecule has 0 spiro atoms. The Kier molecular flexibility index (Phi) is 8.62. The van der Waals surface area contributed by atoms with Gasteiger partial charge in [-0.3, -0.25) is 4.79 Å². The van der Waals surface area contributed by atoms with Crippen LogP contribution in [0.25, 0.3) is 0 Å². The van der Waals surface area contributed by atoms with Crippen molar-refractivity contribution in [3.05, 3.63) is 108 Å². The van der Waals surface area contributed by atoms with Crippen LogP contribution >= 0.6 is 0 Å². The van der Waals surface area contributed by atoms with E-state index in [0.29, 0.717) is 38.4 Å². The molecule has 0 radical (unpaired) electrons. The summed E-state index contributed by atoms with van der Waals surface area (Å²) in [7, 11) is 0. The summed E-state index contributed by atoms with van der Waals surface area (Å²) in [4.78, 5) is 30.6. The van der Waals surface area contributed by atoms with Gasteiger partial charge in [0.2, 0.25) is 5.91 Å². The van der Waals surface area contributed by atoms with Gasteiger partial charge in [-0.1, -0.05) is 91.0 Å². The van der Waals surface area contributed by atoms with Crippen molar-refractivity contribution in [2.45, 2.75) is 37.0 Å². The summed E-state index contributed by atoms with van der Waals surface area (Å²) in [5.41, 5.74) is 8.56. The number of likely N-dealkylation sites (tertiary alicyclic amines) is 2. The number of nitrogens with one attached hydrogen (secondary N) is 1. The third kappa shape index (κ3) is 5.86. The van der Waals surface area contributed by atoms with Crippen molar-refractivity contribution in [3.8, 4) is 0 Å². The molecule has 2 aliphatic rings. The molecule has 3 aromatic carbocycles. The van der Waals surface area contributed by atoms with Gasteiger partial charge in [0.1, 0.15) is 5.41 Å². The standard InChI is InChI=1S/C33H40N4O2/c34-31(38)33(28-12-6-2-7-13-28,29-14-8-3-9-15-29)30-18-23-37(24-19-30)32(39)35-20-25-36-21-16-27(17-22-36)26-10-4-1-5-11-26/h1-15,27,30H,16-25H2,(H2,34,38)(H,35,39). The molecule has 5 rings (SSSR count). The number of nitrogens with zero attached hydrogens (tertiary/aromatic N) is 2. The fourth-order valence-corrected chi connectivity index (χ4v) is 6.69. The van der Waals surface area contributed by atoms with Gasteiger partial charge in [0.05, 0.1) is 0 Å². The minimum Gasteiger partial charge on any atom is -0.369 e. The summed E-state index contributed by atoms with van der Waals surface area (Å²) in [5, 5.41) is 3.14. The third-order valence-electron chi connectivity index (χ3n) is 8.80. The highest BCUT2D eigenvalue weighted by atomic mass is 16.2. The number of primary amides is 1. The van der Waals surface area contributed by atoms with Crippen LogP contribution in [0, 0.1) is 5.92 Å². The summed E-state index contributed by atoms with van der Waals surface area (Å²) in [6.45, 7) is 4.86. The fourth-order valence-electron chi connectivity index (χ4n) is 6.69. The Hall–Kier alpha value is -3.64. The number of carbonyl (C=O) groups is 2. The van der Waals surface area contributed by atoms with Crippen molar-refractivity contribution in [1.82, 2.24) is 15.1 Å². The van der Waals surface area contributed by atoms with E-state index in [1.54, 1.807) is 0 Å². The van der Waals surface area contributed by atoms with E-state index in [-0.39, 0.29) is 17.9 Å². The Balaban J connectivity index is 1.15. The van der Waals surface area contributed by atoms with Crippen molar-refractivity contribution in [3.63, 3.8) is 0 Å². The van der Waals surface area contributed by atoms with Crippen molar-refractivity contribution in [1.29, 1.82) is 0 Å². The van der Waals surface area contributed by atoms with E-state index in [0.717, 1.165) is 43.6 Å². The highest BCUT2D eigenvalue weighted by molar-refractivity contribution is 5.91. The van der Waals surface area contributed by atoms with Crippen molar-refractivity contribution < 1.29 is 9.59 Å². The van der Waals surface area contributed by atoms with Gasteiger partial charge in [-0.05, 0) is 67.3 Å². The summed E-state index contributed by atoms with van der Waals surface area (Å²) in [5.74, 6) is 0.311. The zero-order chi connectivity index (χ0) is 27.1. The van der Waals surface area contributed by atoms with E-state index >= 15 is 0 Å². The molecular formula is C33H40N4O2. The zero-order valence-corrected chi connectivity index (χ0v) is 22.7. The smallest absolute Gasteiger partial charge is 0.317 e. The van der Waals surface area contributed by atoms with Gasteiger partial charge in [-0.2, -0.15) is 0 Å². The normalized spacial score (nSPS) is 17.6. The number of hydrogen-bond acceptors (Lipinski definition) is 3. The molecule has 3 N–H and O–H groups in total. The molecule has 2 aliphatic heterocycles. The molecule has 204 valence electrons. The van der Waals surface area contributed by atoms with E-state index in [1.807, 2.05) is 65.6 Å². The number of amides is 3. The van der Waals surface area contributed by atoms with Gasteiger partial charge in [0, 0.05) is 26.2 Å². The molecule has 6 heteroatoms. The maximum atomic E-state index is 13.3. The Labute approximate surface area is 232 Å². The summed E-state index contributed by atoms with van der Waals surface area (Å²) >= 11 is 0. The molecular weight excluding hydrogens is 484 g/mol. The fraction of sp³-hybridized carbons (Fsp3) is 0.394.